The van der Waals surface area contributed by atoms with Crippen molar-refractivity contribution < 1.29 is 28.2 Å². The number of aliphatic hydroxyl groups is 1. The van der Waals surface area contributed by atoms with Crippen LogP contribution in [0.1, 0.15) is 35.6 Å². The van der Waals surface area contributed by atoms with E-state index in [-0.39, 0.29) is 37.5 Å². The average molecular weight is 517 g/mol. The van der Waals surface area contributed by atoms with Gasteiger partial charge < -0.3 is 23.9 Å². The molecule has 3 aromatic rings. The van der Waals surface area contributed by atoms with Gasteiger partial charge in [0.2, 0.25) is 5.91 Å². The van der Waals surface area contributed by atoms with Gasteiger partial charge in [0.05, 0.1) is 31.6 Å². The van der Waals surface area contributed by atoms with Crippen LogP contribution in [-0.4, -0.2) is 66.3 Å². The first-order valence-electron chi connectivity index (χ1n) is 12.3. The molecular formula is C27H33FN2O5S. The van der Waals surface area contributed by atoms with Crippen LogP contribution in [0.4, 0.5) is 4.39 Å². The van der Waals surface area contributed by atoms with E-state index in [1.807, 2.05) is 21.2 Å². The van der Waals surface area contributed by atoms with Crippen molar-refractivity contribution in [2.45, 2.75) is 38.5 Å². The molecule has 0 fully saturated rings. The molecule has 4 rings (SSSR count). The highest BCUT2D eigenvalue weighted by Crippen LogP contribution is 2.34. The van der Waals surface area contributed by atoms with Crippen LogP contribution in [0.15, 0.2) is 58.5 Å². The summed E-state index contributed by atoms with van der Waals surface area (Å²) in [4.78, 5) is 18.6. The third-order valence-electron chi connectivity index (χ3n) is 6.14. The summed E-state index contributed by atoms with van der Waals surface area (Å²) >= 11 is 1.70. The smallest absolute Gasteiger partial charge is 0.237 e. The van der Waals surface area contributed by atoms with E-state index in [9.17, 15) is 14.3 Å². The Morgan fingerprint density at radius 1 is 1.31 bits per heavy atom. The quantitative estimate of drug-likeness (QED) is 0.366. The zero-order valence-electron chi connectivity index (χ0n) is 20.5. The molecule has 1 aromatic carbocycles. The molecule has 0 radical (unpaired) electrons. The number of carbonyl (C=O) groups is 1. The fourth-order valence-corrected chi connectivity index (χ4v) is 5.38. The molecule has 0 aliphatic carbocycles. The Morgan fingerprint density at radius 2 is 2.14 bits per heavy atom. The van der Waals surface area contributed by atoms with E-state index in [4.69, 9.17) is 13.9 Å². The van der Waals surface area contributed by atoms with Gasteiger partial charge in [0.1, 0.15) is 30.5 Å². The molecule has 7 nitrogen and oxygen atoms in total. The number of rotatable bonds is 13. The van der Waals surface area contributed by atoms with Gasteiger partial charge in [-0.15, -0.1) is 11.3 Å². The summed E-state index contributed by atoms with van der Waals surface area (Å²) < 4.78 is 30.0. The van der Waals surface area contributed by atoms with Gasteiger partial charge in [0.25, 0.3) is 0 Å². The average Bonchev–Trinajstić information content (AvgIpc) is 3.56. The molecule has 0 saturated heterocycles. The summed E-state index contributed by atoms with van der Waals surface area (Å²) in [7, 11) is 0. The molecule has 194 valence electrons. The molecule has 1 aliphatic rings. The number of fused-ring (bicyclic) bond motifs is 1. The zero-order chi connectivity index (χ0) is 25.3. The van der Waals surface area contributed by atoms with Crippen LogP contribution >= 0.6 is 11.3 Å². The molecule has 2 atom stereocenters. The number of benzene rings is 1. The second-order valence-corrected chi connectivity index (χ2v) is 9.90. The Bertz CT molecular complexity index is 1070. The lowest BCUT2D eigenvalue weighted by Gasteiger charge is -2.37. The molecule has 9 heteroatoms. The van der Waals surface area contributed by atoms with Gasteiger partial charge >= 0.3 is 0 Å². The maximum Gasteiger partial charge on any atom is 0.237 e. The van der Waals surface area contributed by atoms with Crippen molar-refractivity contribution >= 4 is 17.2 Å². The molecule has 0 saturated carbocycles. The summed E-state index contributed by atoms with van der Waals surface area (Å²) in [5, 5.41) is 12.6. The molecule has 0 spiro atoms. The molecule has 1 aliphatic heterocycles. The largest absolute Gasteiger partial charge is 0.491 e. The van der Waals surface area contributed by atoms with Crippen molar-refractivity contribution in [2.75, 3.05) is 39.4 Å². The molecule has 1 amide bonds. The Morgan fingerprint density at radius 3 is 2.89 bits per heavy atom. The van der Waals surface area contributed by atoms with Crippen molar-refractivity contribution in [1.29, 1.82) is 0 Å². The second kappa shape index (κ2) is 13.0. The highest BCUT2D eigenvalue weighted by molar-refractivity contribution is 7.10. The van der Waals surface area contributed by atoms with Crippen LogP contribution in [0.5, 0.6) is 5.75 Å². The minimum absolute atomic E-state index is 0.00305. The molecule has 1 N–H and O–H groups in total. The van der Waals surface area contributed by atoms with Crippen molar-refractivity contribution in [3.8, 4) is 5.75 Å². The number of aliphatic hydroxyl groups excluding tert-OH is 1. The summed E-state index contributed by atoms with van der Waals surface area (Å²) in [6, 6.07) is 11.4. The van der Waals surface area contributed by atoms with Gasteiger partial charge in [-0.1, -0.05) is 6.92 Å². The van der Waals surface area contributed by atoms with Gasteiger partial charge in [0.15, 0.2) is 0 Å². The number of furan rings is 1. The summed E-state index contributed by atoms with van der Waals surface area (Å²) in [5.41, 5.74) is 1.11. The Hall–Kier alpha value is -2.72. The Kier molecular flexibility index (Phi) is 9.52. The lowest BCUT2D eigenvalue weighted by atomic mass is 10.0. The predicted molar refractivity (Wildman–Crippen MR) is 135 cm³/mol. The van der Waals surface area contributed by atoms with Gasteiger partial charge in [-0.3, -0.25) is 9.69 Å². The fourth-order valence-electron chi connectivity index (χ4n) is 4.45. The third-order valence-corrected chi connectivity index (χ3v) is 7.14. The topological polar surface area (TPSA) is 75.4 Å². The van der Waals surface area contributed by atoms with E-state index in [1.54, 1.807) is 35.8 Å². The number of halogens is 1. The Labute approximate surface area is 215 Å². The maximum atomic E-state index is 13.5. The number of thiophene rings is 1. The van der Waals surface area contributed by atoms with Crippen LogP contribution in [0.3, 0.4) is 0 Å². The minimum atomic E-state index is -0.721. The minimum Gasteiger partial charge on any atom is -0.491 e. The first-order valence-corrected chi connectivity index (χ1v) is 13.2. The monoisotopic (exact) mass is 516 g/mol. The van der Waals surface area contributed by atoms with Gasteiger partial charge in [-0.2, -0.15) is 0 Å². The normalized spacial score (nSPS) is 16.2. The summed E-state index contributed by atoms with van der Waals surface area (Å²) in [5.74, 6) is 0.948. The predicted octanol–water partition coefficient (Wildman–Crippen LogP) is 4.27. The van der Waals surface area contributed by atoms with Crippen molar-refractivity contribution in [3.05, 3.63) is 76.1 Å². The van der Waals surface area contributed by atoms with Crippen molar-refractivity contribution in [3.63, 3.8) is 0 Å². The van der Waals surface area contributed by atoms with E-state index < -0.39 is 6.10 Å². The number of nitrogens with zero attached hydrogens (tertiary/aromatic N) is 2. The second-order valence-electron chi connectivity index (χ2n) is 8.90. The molecule has 2 aromatic heterocycles. The van der Waals surface area contributed by atoms with Gasteiger partial charge in [-0.05, 0) is 72.8 Å². The number of ether oxygens (including phenoxy) is 2. The lowest BCUT2D eigenvalue weighted by molar-refractivity contribution is -0.136. The Balaban J connectivity index is 1.36. The van der Waals surface area contributed by atoms with Gasteiger partial charge in [0, 0.05) is 18.0 Å². The van der Waals surface area contributed by atoms with Crippen LogP contribution in [-0.2, 0) is 22.6 Å². The van der Waals surface area contributed by atoms with E-state index >= 15 is 0 Å². The van der Waals surface area contributed by atoms with E-state index in [0.717, 1.165) is 18.4 Å². The molecule has 0 unspecified atom stereocenters. The fraction of sp³-hybridized carbons (Fsp3) is 0.444. The van der Waals surface area contributed by atoms with E-state index in [0.29, 0.717) is 37.8 Å². The number of hydrogen-bond donors (Lipinski definition) is 1. The number of hydrogen-bond acceptors (Lipinski definition) is 7. The van der Waals surface area contributed by atoms with Crippen LogP contribution in [0, 0.1) is 5.82 Å². The van der Waals surface area contributed by atoms with Crippen LogP contribution in [0.25, 0.3) is 0 Å². The molecule has 36 heavy (non-hydrogen) atoms. The lowest BCUT2D eigenvalue weighted by Crippen LogP contribution is -2.48. The third kappa shape index (κ3) is 7.16. The van der Waals surface area contributed by atoms with Gasteiger partial charge in [-0.25, -0.2) is 4.39 Å². The van der Waals surface area contributed by atoms with Crippen LogP contribution < -0.4 is 4.74 Å². The van der Waals surface area contributed by atoms with Crippen LogP contribution in [0.2, 0.25) is 0 Å². The van der Waals surface area contributed by atoms with E-state index in [2.05, 4.69) is 13.0 Å². The first-order chi connectivity index (χ1) is 17.5. The SMILES string of the molecule is CCCN(CC(=O)N1CCc2sccc2[C@H]1COc1ccc(F)cc1)C[C@@H](O)COCc1ccco1. The zero-order valence-corrected chi connectivity index (χ0v) is 21.3. The van der Waals surface area contributed by atoms with Crippen molar-refractivity contribution in [2.24, 2.45) is 0 Å². The molecular weight excluding hydrogens is 483 g/mol. The highest BCUT2D eigenvalue weighted by Gasteiger charge is 2.33. The standard InChI is InChI=1S/C27H33FN2O5S/c1-2-11-29(15-21(31)17-33-18-23-4-3-13-34-23)16-27(32)30-12-9-26-24(10-14-36-26)25(30)19-35-22-7-5-20(28)6-8-22/h3-8,10,13-14,21,25,31H,2,9,11-12,15-19H2,1H3/t21-,25-/m1/s1. The maximum absolute atomic E-state index is 13.5. The summed E-state index contributed by atoms with van der Waals surface area (Å²) in [6.45, 7) is 4.64. The molecule has 0 bridgehead atoms. The number of carbonyl (C=O) groups excluding carboxylic acids is 1. The van der Waals surface area contributed by atoms with Crippen molar-refractivity contribution in [1.82, 2.24) is 9.80 Å². The molecule has 3 heterocycles. The van der Waals surface area contributed by atoms with E-state index in [1.165, 1.54) is 17.0 Å². The number of amides is 1. The highest BCUT2D eigenvalue weighted by atomic mass is 32.1. The summed E-state index contributed by atoms with van der Waals surface area (Å²) in [6.07, 6.45) is 2.53. The first kappa shape index (κ1) is 26.3.